The second-order valence-electron chi connectivity index (χ2n) is 4.85. The Morgan fingerprint density at radius 3 is 2.71 bits per heavy atom. The molecule has 3 rings (SSSR count). The molecule has 0 radical (unpaired) electrons. The van der Waals surface area contributed by atoms with Crippen molar-refractivity contribution in [3.8, 4) is 5.88 Å². The van der Waals surface area contributed by atoms with Gasteiger partial charge in [-0.3, -0.25) is 4.57 Å². The molecular formula is C12H16N4O. The molecule has 1 aliphatic carbocycles. The minimum atomic E-state index is 0.0677. The molecule has 0 aromatic carbocycles. The minimum Gasteiger partial charge on any atom is -0.481 e. The summed E-state index contributed by atoms with van der Waals surface area (Å²) < 4.78 is 7.21. The fraction of sp³-hybridized carbons (Fsp3) is 0.500. The quantitative estimate of drug-likeness (QED) is 0.859. The number of hydrogen-bond acceptors (Lipinski definition) is 4. The van der Waals surface area contributed by atoms with E-state index >= 15 is 0 Å². The van der Waals surface area contributed by atoms with Crippen LogP contribution in [0.2, 0.25) is 0 Å². The number of nitrogen functional groups attached to an aromatic ring is 1. The van der Waals surface area contributed by atoms with Crippen LogP contribution in [-0.4, -0.2) is 21.6 Å². The highest BCUT2D eigenvalue weighted by atomic mass is 16.5. The van der Waals surface area contributed by atoms with Crippen molar-refractivity contribution in [2.24, 2.45) is 0 Å². The van der Waals surface area contributed by atoms with Gasteiger partial charge < -0.3 is 10.5 Å². The molecule has 0 bridgehead atoms. The third kappa shape index (κ3) is 1.38. The molecule has 1 fully saturated rings. The number of hydrogen-bond donors (Lipinski definition) is 1. The molecule has 5 heteroatoms. The molecule has 0 aliphatic heterocycles. The molecule has 0 unspecified atom stereocenters. The number of methoxy groups -OCH3 is 1. The summed E-state index contributed by atoms with van der Waals surface area (Å²) in [6.07, 6.45) is 3.49. The van der Waals surface area contributed by atoms with E-state index in [-0.39, 0.29) is 5.54 Å². The number of pyridine rings is 1. The van der Waals surface area contributed by atoms with E-state index < -0.39 is 0 Å². The van der Waals surface area contributed by atoms with Crippen LogP contribution in [-0.2, 0) is 5.54 Å². The number of fused-ring (bicyclic) bond motifs is 1. The average Bonchev–Trinajstić information content (AvgIpc) is 2.61. The molecule has 5 nitrogen and oxygen atoms in total. The Balaban J connectivity index is 2.24. The van der Waals surface area contributed by atoms with Gasteiger partial charge in [0.15, 0.2) is 5.65 Å². The molecule has 17 heavy (non-hydrogen) atoms. The van der Waals surface area contributed by atoms with Crippen molar-refractivity contribution in [3.63, 3.8) is 0 Å². The zero-order valence-electron chi connectivity index (χ0n) is 10.1. The Bertz CT molecular complexity index is 571. The topological polar surface area (TPSA) is 66.0 Å². The summed E-state index contributed by atoms with van der Waals surface area (Å²) in [4.78, 5) is 8.82. The van der Waals surface area contributed by atoms with Gasteiger partial charge in [0.25, 0.3) is 0 Å². The van der Waals surface area contributed by atoms with E-state index in [0.29, 0.717) is 11.8 Å². The van der Waals surface area contributed by atoms with Crippen LogP contribution in [0.1, 0.15) is 26.2 Å². The number of nitrogens with two attached hydrogens (primary N) is 1. The van der Waals surface area contributed by atoms with Crippen molar-refractivity contribution < 1.29 is 4.74 Å². The molecule has 0 atom stereocenters. The first-order valence-electron chi connectivity index (χ1n) is 5.83. The van der Waals surface area contributed by atoms with Gasteiger partial charge in [-0.1, -0.05) is 0 Å². The number of nitrogens with zero attached hydrogens (tertiary/aromatic N) is 3. The molecule has 0 saturated heterocycles. The zero-order valence-corrected chi connectivity index (χ0v) is 10.1. The Hall–Kier alpha value is -1.78. The molecular weight excluding hydrogens is 216 g/mol. The van der Waals surface area contributed by atoms with Crippen molar-refractivity contribution >= 4 is 17.1 Å². The molecule has 2 N–H and O–H groups in total. The lowest BCUT2D eigenvalue weighted by Crippen LogP contribution is -2.38. The van der Waals surface area contributed by atoms with E-state index in [1.165, 1.54) is 6.42 Å². The summed E-state index contributed by atoms with van der Waals surface area (Å²) in [5.41, 5.74) is 7.73. The third-order valence-electron chi connectivity index (χ3n) is 3.68. The molecule has 90 valence electrons. The van der Waals surface area contributed by atoms with Crippen LogP contribution in [0.15, 0.2) is 12.1 Å². The first-order chi connectivity index (χ1) is 8.14. The first-order valence-corrected chi connectivity index (χ1v) is 5.83. The number of ether oxygens (including phenoxy) is 1. The second kappa shape index (κ2) is 3.35. The van der Waals surface area contributed by atoms with Gasteiger partial charge in [-0.15, -0.1) is 0 Å². The highest BCUT2D eigenvalue weighted by Gasteiger charge is 2.36. The van der Waals surface area contributed by atoms with Crippen LogP contribution in [0, 0.1) is 0 Å². The maximum Gasteiger partial charge on any atom is 0.215 e. The molecule has 2 heterocycles. The Morgan fingerprint density at radius 2 is 2.12 bits per heavy atom. The second-order valence-corrected chi connectivity index (χ2v) is 4.85. The maximum atomic E-state index is 6.01. The van der Waals surface area contributed by atoms with Crippen molar-refractivity contribution in [2.75, 3.05) is 12.8 Å². The SMILES string of the molecule is COc1ccc2nc(N)n(C3(C)CCC3)c2n1. The van der Waals surface area contributed by atoms with Gasteiger partial charge in [0.05, 0.1) is 7.11 Å². The van der Waals surface area contributed by atoms with Gasteiger partial charge in [0.2, 0.25) is 11.8 Å². The fourth-order valence-corrected chi connectivity index (χ4v) is 2.52. The fourth-order valence-electron chi connectivity index (χ4n) is 2.52. The Kier molecular flexibility index (Phi) is 2.05. The van der Waals surface area contributed by atoms with Gasteiger partial charge in [0.1, 0.15) is 5.52 Å². The predicted molar refractivity (Wildman–Crippen MR) is 66.0 cm³/mol. The van der Waals surface area contributed by atoms with Gasteiger partial charge in [-0.2, -0.15) is 4.98 Å². The lowest BCUT2D eigenvalue weighted by molar-refractivity contribution is 0.176. The molecule has 0 amide bonds. The van der Waals surface area contributed by atoms with Crippen LogP contribution >= 0.6 is 0 Å². The van der Waals surface area contributed by atoms with Crippen LogP contribution in [0.4, 0.5) is 5.95 Å². The normalized spacial score (nSPS) is 18.0. The minimum absolute atomic E-state index is 0.0677. The number of aromatic nitrogens is 3. The smallest absolute Gasteiger partial charge is 0.215 e. The number of rotatable bonds is 2. The predicted octanol–water partition coefficient (Wildman–Crippen LogP) is 1.92. The van der Waals surface area contributed by atoms with E-state index in [4.69, 9.17) is 10.5 Å². The van der Waals surface area contributed by atoms with E-state index in [0.717, 1.165) is 24.0 Å². The van der Waals surface area contributed by atoms with Gasteiger partial charge in [-0.05, 0) is 32.3 Å². The molecule has 2 aromatic heterocycles. The highest BCUT2D eigenvalue weighted by molar-refractivity contribution is 5.75. The van der Waals surface area contributed by atoms with Crippen LogP contribution in [0.3, 0.4) is 0 Å². The number of imidazole rings is 1. The monoisotopic (exact) mass is 232 g/mol. The Morgan fingerprint density at radius 1 is 1.35 bits per heavy atom. The van der Waals surface area contributed by atoms with Crippen LogP contribution in [0.25, 0.3) is 11.2 Å². The summed E-state index contributed by atoms with van der Waals surface area (Å²) >= 11 is 0. The van der Waals surface area contributed by atoms with Crippen LogP contribution in [0.5, 0.6) is 5.88 Å². The molecule has 1 aliphatic rings. The summed E-state index contributed by atoms with van der Waals surface area (Å²) in [5, 5.41) is 0. The van der Waals surface area contributed by atoms with Crippen LogP contribution < -0.4 is 10.5 Å². The largest absolute Gasteiger partial charge is 0.481 e. The van der Waals surface area contributed by atoms with Crippen molar-refractivity contribution in [2.45, 2.75) is 31.7 Å². The summed E-state index contributed by atoms with van der Waals surface area (Å²) in [6.45, 7) is 2.20. The van der Waals surface area contributed by atoms with E-state index in [1.54, 1.807) is 7.11 Å². The molecule has 1 saturated carbocycles. The summed E-state index contributed by atoms with van der Waals surface area (Å²) in [5.74, 6) is 1.14. The third-order valence-corrected chi connectivity index (χ3v) is 3.68. The van der Waals surface area contributed by atoms with Crippen molar-refractivity contribution in [3.05, 3.63) is 12.1 Å². The summed E-state index contributed by atoms with van der Waals surface area (Å²) in [7, 11) is 1.61. The maximum absolute atomic E-state index is 6.01. The van der Waals surface area contributed by atoms with E-state index in [2.05, 4.69) is 16.9 Å². The van der Waals surface area contributed by atoms with Crippen molar-refractivity contribution in [1.82, 2.24) is 14.5 Å². The molecule has 2 aromatic rings. The van der Waals surface area contributed by atoms with E-state index in [9.17, 15) is 0 Å². The lowest BCUT2D eigenvalue weighted by Gasteiger charge is -2.40. The van der Waals surface area contributed by atoms with Gasteiger partial charge in [-0.25, -0.2) is 4.98 Å². The summed E-state index contributed by atoms with van der Waals surface area (Å²) in [6, 6.07) is 3.71. The van der Waals surface area contributed by atoms with E-state index in [1.807, 2.05) is 16.7 Å². The van der Waals surface area contributed by atoms with Crippen molar-refractivity contribution in [1.29, 1.82) is 0 Å². The Labute approximate surface area is 99.6 Å². The average molecular weight is 232 g/mol. The zero-order chi connectivity index (χ0) is 12.0. The number of anilines is 1. The lowest BCUT2D eigenvalue weighted by atomic mass is 9.78. The first kappa shape index (κ1) is 10.4. The van der Waals surface area contributed by atoms with Gasteiger partial charge in [0, 0.05) is 11.6 Å². The van der Waals surface area contributed by atoms with Gasteiger partial charge >= 0.3 is 0 Å². The molecule has 0 spiro atoms. The highest BCUT2D eigenvalue weighted by Crippen LogP contribution is 2.42. The standard InChI is InChI=1S/C12H16N4O/c1-12(6-3-7-12)16-10-8(14-11(16)13)4-5-9(15-10)17-2/h4-5H,3,6-7H2,1-2H3,(H2,13,14).